The van der Waals surface area contributed by atoms with Gasteiger partial charge in [0.1, 0.15) is 11.3 Å². The maximum atomic E-state index is 6.41. The van der Waals surface area contributed by atoms with E-state index in [1.165, 1.54) is 5.56 Å². The van der Waals surface area contributed by atoms with Crippen LogP contribution in [0.15, 0.2) is 52.9 Å². The van der Waals surface area contributed by atoms with Crippen LogP contribution in [0.4, 0.5) is 0 Å². The lowest BCUT2D eigenvalue weighted by Gasteiger charge is -2.13. The first-order chi connectivity index (χ1) is 9.70. The summed E-state index contributed by atoms with van der Waals surface area (Å²) in [6.45, 7) is 4.20. The summed E-state index contributed by atoms with van der Waals surface area (Å²) in [5.41, 5.74) is 10.9. The molecule has 0 aliphatic rings. The fourth-order valence-corrected chi connectivity index (χ4v) is 2.69. The third-order valence-electron chi connectivity index (χ3n) is 3.84. The molecule has 1 atom stereocenters. The number of benzene rings is 2. The Labute approximate surface area is 119 Å². The van der Waals surface area contributed by atoms with Crippen molar-refractivity contribution in [3.63, 3.8) is 0 Å². The zero-order chi connectivity index (χ0) is 14.1. The van der Waals surface area contributed by atoms with E-state index in [2.05, 4.69) is 50.2 Å². The highest BCUT2D eigenvalue weighted by Gasteiger charge is 2.17. The van der Waals surface area contributed by atoms with E-state index in [1.807, 2.05) is 12.1 Å². The molecule has 2 heteroatoms. The standard InChI is InChI=1S/C18H19NO/c1-3-13-8-4-5-10-15(13)17(19)16-11-14-9-6-7-12(2)18(14)20-16/h4-11,17H,3,19H2,1-2H3. The minimum Gasteiger partial charge on any atom is -0.459 e. The molecule has 0 fully saturated rings. The molecule has 0 amide bonds. The number of fused-ring (bicyclic) bond motifs is 1. The van der Waals surface area contributed by atoms with Gasteiger partial charge in [0.05, 0.1) is 6.04 Å². The van der Waals surface area contributed by atoms with Crippen molar-refractivity contribution in [2.24, 2.45) is 5.73 Å². The first kappa shape index (κ1) is 12.9. The van der Waals surface area contributed by atoms with E-state index >= 15 is 0 Å². The van der Waals surface area contributed by atoms with E-state index in [9.17, 15) is 0 Å². The van der Waals surface area contributed by atoms with Gasteiger partial charge in [-0.25, -0.2) is 0 Å². The van der Waals surface area contributed by atoms with Gasteiger partial charge in [0.25, 0.3) is 0 Å². The molecule has 0 bridgehead atoms. The van der Waals surface area contributed by atoms with Crippen molar-refractivity contribution in [2.45, 2.75) is 26.3 Å². The molecule has 2 nitrogen and oxygen atoms in total. The molecule has 0 spiro atoms. The summed E-state index contributed by atoms with van der Waals surface area (Å²) < 4.78 is 5.99. The second-order valence-electron chi connectivity index (χ2n) is 5.17. The number of nitrogens with two attached hydrogens (primary N) is 1. The third-order valence-corrected chi connectivity index (χ3v) is 3.84. The summed E-state index contributed by atoms with van der Waals surface area (Å²) in [6.07, 6.45) is 0.975. The lowest BCUT2D eigenvalue weighted by Crippen LogP contribution is -2.13. The van der Waals surface area contributed by atoms with Gasteiger partial charge in [-0.2, -0.15) is 0 Å². The third kappa shape index (κ3) is 2.12. The second-order valence-corrected chi connectivity index (χ2v) is 5.17. The zero-order valence-electron chi connectivity index (χ0n) is 11.9. The maximum Gasteiger partial charge on any atom is 0.137 e. The molecule has 3 aromatic rings. The van der Waals surface area contributed by atoms with E-state index in [0.29, 0.717) is 0 Å². The second kappa shape index (κ2) is 5.14. The van der Waals surface area contributed by atoms with Crippen LogP contribution in [0, 0.1) is 6.92 Å². The average Bonchev–Trinajstić information content (AvgIpc) is 2.92. The van der Waals surface area contributed by atoms with Gasteiger partial charge in [-0.1, -0.05) is 49.4 Å². The molecule has 2 aromatic carbocycles. The minimum atomic E-state index is -0.210. The molecule has 1 unspecified atom stereocenters. The Kier molecular flexibility index (Phi) is 3.33. The quantitative estimate of drug-likeness (QED) is 0.764. The summed E-state index contributed by atoms with van der Waals surface area (Å²) in [5.74, 6) is 0.829. The van der Waals surface area contributed by atoms with E-state index in [0.717, 1.165) is 34.3 Å². The van der Waals surface area contributed by atoms with Crippen molar-refractivity contribution < 1.29 is 4.42 Å². The van der Waals surface area contributed by atoms with Crippen LogP contribution in [-0.4, -0.2) is 0 Å². The van der Waals surface area contributed by atoms with E-state index < -0.39 is 0 Å². The highest BCUT2D eigenvalue weighted by Crippen LogP contribution is 2.30. The topological polar surface area (TPSA) is 39.2 Å². The van der Waals surface area contributed by atoms with Crippen LogP contribution >= 0.6 is 0 Å². The summed E-state index contributed by atoms with van der Waals surface area (Å²) in [7, 11) is 0. The number of para-hydroxylation sites is 1. The van der Waals surface area contributed by atoms with Crippen molar-refractivity contribution in [3.8, 4) is 0 Å². The Morgan fingerprint density at radius 1 is 1.10 bits per heavy atom. The highest BCUT2D eigenvalue weighted by molar-refractivity contribution is 5.81. The predicted octanol–water partition coefficient (Wildman–Crippen LogP) is 4.35. The van der Waals surface area contributed by atoms with E-state index in [-0.39, 0.29) is 6.04 Å². The Morgan fingerprint density at radius 2 is 1.90 bits per heavy atom. The minimum absolute atomic E-state index is 0.210. The van der Waals surface area contributed by atoms with Gasteiger partial charge in [-0.05, 0) is 36.1 Å². The average molecular weight is 265 g/mol. The number of rotatable bonds is 3. The molecule has 0 radical (unpaired) electrons. The maximum absolute atomic E-state index is 6.41. The largest absolute Gasteiger partial charge is 0.459 e. The van der Waals surface area contributed by atoms with Crippen molar-refractivity contribution in [3.05, 3.63) is 71.0 Å². The molecule has 20 heavy (non-hydrogen) atoms. The van der Waals surface area contributed by atoms with Crippen LogP contribution in [-0.2, 0) is 6.42 Å². The van der Waals surface area contributed by atoms with Crippen LogP contribution in [0.25, 0.3) is 11.0 Å². The Bertz CT molecular complexity index is 742. The first-order valence-electron chi connectivity index (χ1n) is 7.03. The fourth-order valence-electron chi connectivity index (χ4n) is 2.69. The first-order valence-corrected chi connectivity index (χ1v) is 7.03. The highest BCUT2D eigenvalue weighted by atomic mass is 16.3. The number of furan rings is 1. The van der Waals surface area contributed by atoms with Crippen LogP contribution in [0.3, 0.4) is 0 Å². The summed E-state index contributed by atoms with van der Waals surface area (Å²) >= 11 is 0. The van der Waals surface area contributed by atoms with E-state index in [4.69, 9.17) is 10.2 Å². The number of hydrogen-bond acceptors (Lipinski definition) is 2. The van der Waals surface area contributed by atoms with Crippen LogP contribution < -0.4 is 5.73 Å². The molecule has 0 aliphatic carbocycles. The van der Waals surface area contributed by atoms with Gasteiger partial charge in [0.2, 0.25) is 0 Å². The molecule has 102 valence electrons. The van der Waals surface area contributed by atoms with Crippen LogP contribution in [0.1, 0.15) is 35.4 Å². The Morgan fingerprint density at radius 3 is 2.65 bits per heavy atom. The molecule has 1 heterocycles. The van der Waals surface area contributed by atoms with Gasteiger partial charge in [-0.3, -0.25) is 0 Å². The zero-order valence-corrected chi connectivity index (χ0v) is 11.9. The predicted molar refractivity (Wildman–Crippen MR) is 82.8 cm³/mol. The molecule has 0 aliphatic heterocycles. The summed E-state index contributed by atoms with van der Waals surface area (Å²) in [5, 5.41) is 1.12. The molecule has 1 aromatic heterocycles. The number of hydrogen-bond donors (Lipinski definition) is 1. The normalized spacial score (nSPS) is 12.8. The molecule has 0 saturated carbocycles. The van der Waals surface area contributed by atoms with Gasteiger partial charge < -0.3 is 10.2 Å². The van der Waals surface area contributed by atoms with Crippen molar-refractivity contribution in [1.82, 2.24) is 0 Å². The smallest absolute Gasteiger partial charge is 0.137 e. The summed E-state index contributed by atoms with van der Waals surface area (Å²) in [4.78, 5) is 0. The molecule has 3 rings (SSSR count). The van der Waals surface area contributed by atoms with Gasteiger partial charge >= 0.3 is 0 Å². The van der Waals surface area contributed by atoms with Crippen molar-refractivity contribution in [1.29, 1.82) is 0 Å². The van der Waals surface area contributed by atoms with E-state index in [1.54, 1.807) is 0 Å². The fraction of sp³-hybridized carbons (Fsp3) is 0.222. The summed E-state index contributed by atoms with van der Waals surface area (Å²) in [6, 6.07) is 16.3. The molecule has 2 N–H and O–H groups in total. The lowest BCUT2D eigenvalue weighted by molar-refractivity contribution is 0.522. The molecular weight excluding hydrogens is 246 g/mol. The molecular formula is C18H19NO. The van der Waals surface area contributed by atoms with Gasteiger partial charge in [0, 0.05) is 5.39 Å². The Balaban J connectivity index is 2.08. The van der Waals surface area contributed by atoms with Crippen LogP contribution in [0.2, 0.25) is 0 Å². The SMILES string of the molecule is CCc1ccccc1C(N)c1cc2cccc(C)c2o1. The van der Waals surface area contributed by atoms with Crippen molar-refractivity contribution >= 4 is 11.0 Å². The monoisotopic (exact) mass is 265 g/mol. The van der Waals surface area contributed by atoms with Crippen molar-refractivity contribution in [2.75, 3.05) is 0 Å². The van der Waals surface area contributed by atoms with Gasteiger partial charge in [-0.15, -0.1) is 0 Å². The van der Waals surface area contributed by atoms with Gasteiger partial charge in [0.15, 0.2) is 0 Å². The lowest BCUT2D eigenvalue weighted by atomic mass is 9.97. The van der Waals surface area contributed by atoms with Crippen LogP contribution in [0.5, 0.6) is 0 Å². The molecule has 0 saturated heterocycles. The Hall–Kier alpha value is -2.06. The number of aryl methyl sites for hydroxylation is 2.